The van der Waals surface area contributed by atoms with Crippen LogP contribution in [-0.4, -0.2) is 27.5 Å². The topological polar surface area (TPSA) is 75.9 Å². The summed E-state index contributed by atoms with van der Waals surface area (Å²) >= 11 is 1.99. The maximum absolute atomic E-state index is 5.51. The third-order valence-corrected chi connectivity index (χ3v) is 5.63. The van der Waals surface area contributed by atoms with Crippen LogP contribution in [0.3, 0.4) is 0 Å². The van der Waals surface area contributed by atoms with Gasteiger partial charge in [0.15, 0.2) is 0 Å². The number of anilines is 2. The van der Waals surface area contributed by atoms with Crippen LogP contribution in [0.4, 0.5) is 11.6 Å². The third-order valence-electron chi connectivity index (χ3n) is 4.21. The fourth-order valence-electron chi connectivity index (χ4n) is 2.92. The molecule has 0 radical (unpaired) electrons. The molecule has 0 atom stereocenters. The minimum absolute atomic E-state index is 0.352. The zero-order valence-electron chi connectivity index (χ0n) is 12.4. The van der Waals surface area contributed by atoms with Gasteiger partial charge >= 0.3 is 0 Å². The normalized spacial score (nSPS) is 17.8. The number of hydrazine groups is 1. The highest BCUT2D eigenvalue weighted by Crippen LogP contribution is 2.38. The average Bonchev–Trinajstić information content (AvgIpc) is 2.53. The highest BCUT2D eigenvalue weighted by molar-refractivity contribution is 8.00. The van der Waals surface area contributed by atoms with E-state index in [9.17, 15) is 0 Å². The minimum atomic E-state index is 0.352. The molecule has 1 aromatic heterocycles. The minimum Gasteiger partial charge on any atom is -0.368 e. The van der Waals surface area contributed by atoms with Gasteiger partial charge in [-0.3, -0.25) is 0 Å². The SMILES string of the molecule is CCc1c(NN)ncnc1NCC1(SC)CCCCC1. The average molecular weight is 295 g/mol. The van der Waals surface area contributed by atoms with Gasteiger partial charge in [0, 0.05) is 16.9 Å². The van der Waals surface area contributed by atoms with Crippen LogP contribution in [0, 0.1) is 0 Å². The monoisotopic (exact) mass is 295 g/mol. The molecule has 1 saturated carbocycles. The molecule has 0 aliphatic heterocycles. The molecule has 0 bridgehead atoms. The molecule has 1 aliphatic rings. The van der Waals surface area contributed by atoms with Gasteiger partial charge in [-0.1, -0.05) is 26.2 Å². The molecule has 20 heavy (non-hydrogen) atoms. The van der Waals surface area contributed by atoms with Crippen LogP contribution in [0.25, 0.3) is 0 Å². The molecule has 1 aromatic rings. The maximum Gasteiger partial charge on any atom is 0.148 e. The largest absolute Gasteiger partial charge is 0.368 e. The summed E-state index contributed by atoms with van der Waals surface area (Å²) in [5, 5.41) is 3.53. The highest BCUT2D eigenvalue weighted by atomic mass is 32.2. The number of aromatic nitrogens is 2. The van der Waals surface area contributed by atoms with Crippen molar-refractivity contribution in [2.75, 3.05) is 23.5 Å². The van der Waals surface area contributed by atoms with E-state index >= 15 is 0 Å². The zero-order chi connectivity index (χ0) is 14.4. The van der Waals surface area contributed by atoms with Crippen LogP contribution in [0.1, 0.15) is 44.6 Å². The predicted molar refractivity (Wildman–Crippen MR) is 87.0 cm³/mol. The third kappa shape index (κ3) is 3.35. The Morgan fingerprint density at radius 3 is 2.55 bits per heavy atom. The van der Waals surface area contributed by atoms with E-state index in [4.69, 9.17) is 5.84 Å². The molecular formula is C14H25N5S. The van der Waals surface area contributed by atoms with Crippen molar-refractivity contribution in [3.8, 4) is 0 Å². The van der Waals surface area contributed by atoms with Gasteiger partial charge in [0.1, 0.15) is 18.0 Å². The van der Waals surface area contributed by atoms with E-state index in [1.807, 2.05) is 11.8 Å². The van der Waals surface area contributed by atoms with Crippen molar-refractivity contribution in [1.29, 1.82) is 0 Å². The Kier molecular flexibility index (Phi) is 5.48. The van der Waals surface area contributed by atoms with Crippen LogP contribution in [0.15, 0.2) is 6.33 Å². The van der Waals surface area contributed by atoms with Gasteiger partial charge in [-0.15, -0.1) is 0 Å². The lowest BCUT2D eigenvalue weighted by atomic mass is 9.88. The van der Waals surface area contributed by atoms with Gasteiger partial charge in [0.25, 0.3) is 0 Å². The molecule has 0 unspecified atom stereocenters. The van der Waals surface area contributed by atoms with Crippen molar-refractivity contribution in [2.24, 2.45) is 5.84 Å². The summed E-state index contributed by atoms with van der Waals surface area (Å²) in [5.74, 6) is 7.14. The number of nitrogen functional groups attached to an aromatic ring is 1. The number of hydrogen-bond donors (Lipinski definition) is 3. The van der Waals surface area contributed by atoms with Gasteiger partial charge in [0.2, 0.25) is 0 Å². The lowest BCUT2D eigenvalue weighted by Crippen LogP contribution is -2.36. The molecule has 1 heterocycles. The van der Waals surface area contributed by atoms with Crippen LogP contribution >= 0.6 is 11.8 Å². The summed E-state index contributed by atoms with van der Waals surface area (Å²) in [7, 11) is 0. The number of nitrogens with zero attached hydrogens (tertiary/aromatic N) is 2. The maximum atomic E-state index is 5.51. The second kappa shape index (κ2) is 7.13. The second-order valence-electron chi connectivity index (χ2n) is 5.35. The molecule has 0 aromatic carbocycles. The number of hydrogen-bond acceptors (Lipinski definition) is 6. The molecule has 2 rings (SSSR count). The number of nitrogens with one attached hydrogen (secondary N) is 2. The van der Waals surface area contributed by atoms with E-state index in [1.165, 1.54) is 32.1 Å². The first-order valence-electron chi connectivity index (χ1n) is 7.34. The second-order valence-corrected chi connectivity index (χ2v) is 6.62. The van der Waals surface area contributed by atoms with Crippen molar-refractivity contribution < 1.29 is 0 Å². The molecule has 4 N–H and O–H groups in total. The van der Waals surface area contributed by atoms with Gasteiger partial charge in [-0.05, 0) is 25.5 Å². The smallest absolute Gasteiger partial charge is 0.148 e. The fourth-order valence-corrected chi connectivity index (χ4v) is 3.83. The van der Waals surface area contributed by atoms with Crippen LogP contribution in [0.2, 0.25) is 0 Å². The van der Waals surface area contributed by atoms with Crippen LogP contribution < -0.4 is 16.6 Å². The molecule has 5 nitrogen and oxygen atoms in total. The first-order chi connectivity index (χ1) is 9.74. The van der Waals surface area contributed by atoms with Crippen molar-refractivity contribution in [2.45, 2.75) is 50.2 Å². The first kappa shape index (κ1) is 15.4. The van der Waals surface area contributed by atoms with E-state index in [1.54, 1.807) is 6.33 Å². The molecule has 112 valence electrons. The summed E-state index contributed by atoms with van der Waals surface area (Å²) in [4.78, 5) is 8.55. The summed E-state index contributed by atoms with van der Waals surface area (Å²) in [6.07, 6.45) is 11.3. The van der Waals surface area contributed by atoms with Crippen molar-refractivity contribution in [1.82, 2.24) is 9.97 Å². The molecule has 0 spiro atoms. The molecule has 1 aliphatic carbocycles. The Balaban J connectivity index is 2.09. The van der Waals surface area contributed by atoms with Gasteiger partial charge in [-0.2, -0.15) is 11.8 Å². The van der Waals surface area contributed by atoms with Crippen LogP contribution in [-0.2, 0) is 6.42 Å². The molecule has 0 amide bonds. The van der Waals surface area contributed by atoms with Crippen LogP contribution in [0.5, 0.6) is 0 Å². The number of rotatable bonds is 6. The summed E-state index contributed by atoms with van der Waals surface area (Å²) in [6, 6.07) is 0. The Labute approximate surface area is 125 Å². The molecular weight excluding hydrogens is 270 g/mol. The van der Waals surface area contributed by atoms with Gasteiger partial charge in [-0.25, -0.2) is 15.8 Å². The lowest BCUT2D eigenvalue weighted by molar-refractivity contribution is 0.411. The fraction of sp³-hybridized carbons (Fsp3) is 0.714. The molecule has 6 heteroatoms. The van der Waals surface area contributed by atoms with Gasteiger partial charge < -0.3 is 10.7 Å². The van der Waals surface area contributed by atoms with Gasteiger partial charge in [0.05, 0.1) is 0 Å². The van der Waals surface area contributed by atoms with E-state index in [2.05, 4.69) is 33.9 Å². The summed E-state index contributed by atoms with van der Waals surface area (Å²) in [5.41, 5.74) is 3.71. The Bertz CT molecular complexity index is 432. The first-order valence-corrected chi connectivity index (χ1v) is 8.56. The zero-order valence-corrected chi connectivity index (χ0v) is 13.2. The standard InChI is InChI=1S/C14H25N5S/c1-3-11-12(17-10-18-13(11)19-15)16-9-14(20-2)7-5-4-6-8-14/h10H,3-9,15H2,1-2H3,(H2,16,17,18,19). The Morgan fingerprint density at radius 1 is 1.25 bits per heavy atom. The predicted octanol–water partition coefficient (Wildman–Crippen LogP) is 2.80. The van der Waals surface area contributed by atoms with Crippen molar-refractivity contribution in [3.05, 3.63) is 11.9 Å². The van der Waals surface area contributed by atoms with E-state index in [0.29, 0.717) is 10.6 Å². The number of thioether (sulfide) groups is 1. The lowest BCUT2D eigenvalue weighted by Gasteiger charge is -2.36. The van der Waals surface area contributed by atoms with E-state index in [0.717, 1.165) is 24.3 Å². The van der Waals surface area contributed by atoms with Crippen molar-refractivity contribution in [3.63, 3.8) is 0 Å². The van der Waals surface area contributed by atoms with Crippen molar-refractivity contribution >= 4 is 23.4 Å². The van der Waals surface area contributed by atoms with E-state index in [-0.39, 0.29) is 0 Å². The van der Waals surface area contributed by atoms with E-state index < -0.39 is 0 Å². The Hall–Kier alpha value is -1.01. The highest BCUT2D eigenvalue weighted by Gasteiger charge is 2.31. The summed E-state index contributed by atoms with van der Waals surface area (Å²) < 4.78 is 0.352. The number of nitrogens with two attached hydrogens (primary N) is 1. The quantitative estimate of drug-likeness (QED) is 0.553. The summed E-state index contributed by atoms with van der Waals surface area (Å²) in [6.45, 7) is 3.05. The Morgan fingerprint density at radius 2 is 1.95 bits per heavy atom. The molecule has 1 fully saturated rings. The molecule has 0 saturated heterocycles.